The number of hydrogen-bond acceptors (Lipinski definition) is 5. The predicted molar refractivity (Wildman–Crippen MR) is 98.8 cm³/mol. The molecule has 1 amide bonds. The van der Waals surface area contributed by atoms with Crippen molar-refractivity contribution in [2.45, 2.75) is 30.3 Å². The first-order chi connectivity index (χ1) is 12.7. The van der Waals surface area contributed by atoms with Gasteiger partial charge in [-0.25, -0.2) is 8.42 Å². The lowest BCUT2D eigenvalue weighted by Gasteiger charge is -2.32. The van der Waals surface area contributed by atoms with Gasteiger partial charge in [0.2, 0.25) is 15.9 Å². The van der Waals surface area contributed by atoms with Crippen molar-refractivity contribution in [2.75, 3.05) is 25.0 Å². The monoisotopic (exact) mass is 390 g/mol. The molecule has 8 nitrogen and oxygen atoms in total. The minimum absolute atomic E-state index is 0.130. The fraction of sp³-hybridized carbons (Fsp3) is 0.444. The third-order valence-electron chi connectivity index (χ3n) is 5.24. The molecular weight excluding hydrogens is 368 g/mol. The van der Waals surface area contributed by atoms with E-state index in [1.807, 2.05) is 13.2 Å². The van der Waals surface area contributed by atoms with Gasteiger partial charge < -0.3 is 10.1 Å². The van der Waals surface area contributed by atoms with Gasteiger partial charge in [0.25, 0.3) is 0 Å². The van der Waals surface area contributed by atoms with Gasteiger partial charge in [-0.05, 0) is 37.6 Å². The van der Waals surface area contributed by atoms with Gasteiger partial charge in [0, 0.05) is 37.6 Å². The number of anilines is 1. The maximum absolute atomic E-state index is 13.2. The van der Waals surface area contributed by atoms with E-state index >= 15 is 0 Å². The predicted octanol–water partition coefficient (Wildman–Crippen LogP) is 1.41. The van der Waals surface area contributed by atoms with Crippen molar-refractivity contribution in [3.63, 3.8) is 0 Å². The van der Waals surface area contributed by atoms with Gasteiger partial charge in [0.1, 0.15) is 0 Å². The fourth-order valence-corrected chi connectivity index (χ4v) is 4.96. The number of fused-ring (bicyclic) bond motifs is 1. The maximum atomic E-state index is 13.2. The summed E-state index contributed by atoms with van der Waals surface area (Å²) in [5.74, 6) is -0.130. The summed E-state index contributed by atoms with van der Waals surface area (Å²) in [6.45, 7) is 4.41. The third-order valence-corrected chi connectivity index (χ3v) is 7.10. The number of morpholine rings is 1. The lowest BCUT2D eigenvalue weighted by atomic mass is 9.86. The summed E-state index contributed by atoms with van der Waals surface area (Å²) in [4.78, 5) is 12.3. The standard InChI is InChI=1S/C18H22N4O4S/c1-18(2)14-8-13(4-5-15(14)20-17(18)23)27(24,25)22-6-7-26-16(11-22)12-9-19-21(3)10-12/h4-5,8-10,16H,6-7,11H2,1-3H3,(H,20,23)/t16-/m1/s1. The number of benzene rings is 1. The number of nitrogens with one attached hydrogen (secondary N) is 1. The first-order valence-electron chi connectivity index (χ1n) is 8.76. The molecule has 4 rings (SSSR count). The second-order valence-electron chi connectivity index (χ2n) is 7.46. The molecule has 1 aromatic carbocycles. The van der Waals surface area contributed by atoms with Gasteiger partial charge in [-0.15, -0.1) is 0 Å². The van der Waals surface area contributed by atoms with Crippen LogP contribution in [0.3, 0.4) is 0 Å². The molecule has 1 saturated heterocycles. The first-order valence-corrected chi connectivity index (χ1v) is 10.2. The topological polar surface area (TPSA) is 93.5 Å². The van der Waals surface area contributed by atoms with Crippen LogP contribution in [-0.4, -0.2) is 48.1 Å². The number of amides is 1. The van der Waals surface area contributed by atoms with E-state index in [9.17, 15) is 13.2 Å². The van der Waals surface area contributed by atoms with E-state index in [4.69, 9.17) is 4.74 Å². The third kappa shape index (κ3) is 2.95. The molecule has 1 atom stereocenters. The molecule has 0 spiro atoms. The van der Waals surface area contributed by atoms with Gasteiger partial charge in [0.15, 0.2) is 0 Å². The number of ether oxygens (including phenoxy) is 1. The zero-order valence-corrected chi connectivity index (χ0v) is 16.3. The molecule has 144 valence electrons. The van der Waals surface area contributed by atoms with Crippen LogP contribution in [0.15, 0.2) is 35.5 Å². The van der Waals surface area contributed by atoms with E-state index < -0.39 is 15.4 Å². The average molecular weight is 390 g/mol. The van der Waals surface area contributed by atoms with Crippen LogP contribution in [0.4, 0.5) is 5.69 Å². The fourth-order valence-electron chi connectivity index (χ4n) is 3.51. The minimum atomic E-state index is -3.70. The van der Waals surface area contributed by atoms with Crippen molar-refractivity contribution in [1.82, 2.24) is 14.1 Å². The molecule has 0 aliphatic carbocycles. The smallest absolute Gasteiger partial charge is 0.243 e. The molecule has 2 aliphatic rings. The molecule has 3 heterocycles. The highest BCUT2D eigenvalue weighted by atomic mass is 32.2. The molecule has 2 aromatic rings. The lowest BCUT2D eigenvalue weighted by Crippen LogP contribution is -2.42. The summed E-state index contributed by atoms with van der Waals surface area (Å²) >= 11 is 0. The second-order valence-corrected chi connectivity index (χ2v) is 9.39. The first kappa shape index (κ1) is 18.1. The Hall–Kier alpha value is -2.23. The van der Waals surface area contributed by atoms with E-state index in [-0.39, 0.29) is 30.0 Å². The van der Waals surface area contributed by atoms with Crippen molar-refractivity contribution in [3.05, 3.63) is 41.7 Å². The SMILES string of the molecule is Cn1cc([C@H]2CN(S(=O)(=O)c3ccc4c(c3)C(C)(C)C(=O)N4)CCO2)cn1. The molecule has 1 aromatic heterocycles. The van der Waals surface area contributed by atoms with Crippen LogP contribution >= 0.6 is 0 Å². The highest BCUT2D eigenvalue weighted by Crippen LogP contribution is 2.39. The molecule has 27 heavy (non-hydrogen) atoms. The number of aryl methyl sites for hydroxylation is 1. The van der Waals surface area contributed by atoms with Gasteiger partial charge in [-0.1, -0.05) is 0 Å². The van der Waals surface area contributed by atoms with Crippen molar-refractivity contribution < 1.29 is 17.9 Å². The summed E-state index contributed by atoms with van der Waals surface area (Å²) in [5, 5.41) is 6.93. The van der Waals surface area contributed by atoms with Crippen molar-refractivity contribution >= 4 is 21.6 Å². The van der Waals surface area contributed by atoms with Crippen molar-refractivity contribution in [3.8, 4) is 0 Å². The number of rotatable bonds is 3. The highest BCUT2D eigenvalue weighted by Gasteiger charge is 2.40. The Labute approximate surface area is 158 Å². The number of carbonyl (C=O) groups excluding carboxylic acids is 1. The maximum Gasteiger partial charge on any atom is 0.243 e. The number of nitrogens with zero attached hydrogens (tertiary/aromatic N) is 3. The Morgan fingerprint density at radius 1 is 1.33 bits per heavy atom. The number of sulfonamides is 1. The molecule has 0 radical (unpaired) electrons. The second kappa shape index (κ2) is 6.15. The number of hydrogen-bond donors (Lipinski definition) is 1. The molecule has 9 heteroatoms. The zero-order chi connectivity index (χ0) is 19.4. The summed E-state index contributed by atoms with van der Waals surface area (Å²) in [5.41, 5.74) is 1.46. The van der Waals surface area contributed by atoms with Crippen LogP contribution in [0.1, 0.15) is 31.1 Å². The van der Waals surface area contributed by atoms with E-state index in [1.165, 1.54) is 4.31 Å². The van der Waals surface area contributed by atoms with Gasteiger partial charge in [-0.3, -0.25) is 9.48 Å². The summed E-state index contributed by atoms with van der Waals surface area (Å²) in [7, 11) is -1.89. The van der Waals surface area contributed by atoms with Crippen molar-refractivity contribution in [1.29, 1.82) is 0 Å². The zero-order valence-electron chi connectivity index (χ0n) is 15.5. The Balaban J connectivity index is 1.64. The van der Waals surface area contributed by atoms with E-state index in [1.54, 1.807) is 42.9 Å². The molecule has 1 fully saturated rings. The van der Waals surface area contributed by atoms with Crippen molar-refractivity contribution in [2.24, 2.45) is 7.05 Å². The molecule has 0 bridgehead atoms. The van der Waals surface area contributed by atoms with E-state index in [2.05, 4.69) is 10.4 Å². The summed E-state index contributed by atoms with van der Waals surface area (Å²) in [6.07, 6.45) is 3.17. The largest absolute Gasteiger partial charge is 0.371 e. The highest BCUT2D eigenvalue weighted by molar-refractivity contribution is 7.89. The molecular formula is C18H22N4O4S. The van der Waals surface area contributed by atoms with Crippen LogP contribution in [0.2, 0.25) is 0 Å². The van der Waals surface area contributed by atoms with Crippen LogP contribution in [-0.2, 0) is 32.0 Å². The minimum Gasteiger partial charge on any atom is -0.371 e. The van der Waals surface area contributed by atoms with Crippen LogP contribution in [0.25, 0.3) is 0 Å². The number of aromatic nitrogens is 2. The van der Waals surface area contributed by atoms with Crippen LogP contribution in [0.5, 0.6) is 0 Å². The van der Waals surface area contributed by atoms with Gasteiger partial charge in [-0.2, -0.15) is 9.40 Å². The average Bonchev–Trinajstić information content (AvgIpc) is 3.16. The molecule has 0 unspecified atom stereocenters. The Morgan fingerprint density at radius 2 is 2.11 bits per heavy atom. The van der Waals surface area contributed by atoms with Gasteiger partial charge >= 0.3 is 0 Å². The van der Waals surface area contributed by atoms with E-state index in [0.29, 0.717) is 17.9 Å². The Morgan fingerprint density at radius 3 is 2.81 bits per heavy atom. The quantitative estimate of drug-likeness (QED) is 0.855. The molecule has 1 N–H and O–H groups in total. The molecule has 0 saturated carbocycles. The summed E-state index contributed by atoms with van der Waals surface area (Å²) in [6, 6.07) is 4.81. The lowest BCUT2D eigenvalue weighted by molar-refractivity contribution is -0.119. The Bertz CT molecular complexity index is 1010. The van der Waals surface area contributed by atoms with Crippen LogP contribution in [0, 0.1) is 0 Å². The summed E-state index contributed by atoms with van der Waals surface area (Å²) < 4.78 is 35.3. The normalized spacial score (nSPS) is 22.5. The molecule has 2 aliphatic heterocycles. The van der Waals surface area contributed by atoms with Crippen LogP contribution < -0.4 is 5.32 Å². The Kier molecular flexibility index (Phi) is 4.13. The number of carbonyl (C=O) groups is 1. The van der Waals surface area contributed by atoms with Gasteiger partial charge in [0.05, 0.1) is 29.2 Å². The van der Waals surface area contributed by atoms with E-state index in [0.717, 1.165) is 5.56 Å².